The number of rotatable bonds is 5. The maximum atomic E-state index is 12.0. The Labute approximate surface area is 160 Å². The number of carbonyl (C=O) groups is 1. The van der Waals surface area contributed by atoms with Gasteiger partial charge in [-0.25, -0.2) is 4.68 Å². The highest BCUT2D eigenvalue weighted by Gasteiger charge is 2.28. The normalized spacial score (nSPS) is 15.8. The third kappa shape index (κ3) is 3.59. The Morgan fingerprint density at radius 3 is 2.81 bits per heavy atom. The third-order valence-corrected chi connectivity index (χ3v) is 4.63. The molecule has 0 saturated carbocycles. The van der Waals surface area contributed by atoms with Gasteiger partial charge in [0, 0.05) is 5.02 Å². The molecule has 1 unspecified atom stereocenters. The van der Waals surface area contributed by atoms with Crippen LogP contribution in [0.5, 0.6) is 11.5 Å². The Kier molecular flexibility index (Phi) is 4.68. The number of hydrogen-bond acceptors (Lipinski definition) is 5. The molecular formula is C19H17ClN4O3. The molecule has 27 heavy (non-hydrogen) atoms. The molecule has 3 aromatic rings. The van der Waals surface area contributed by atoms with Crippen LogP contribution in [0.15, 0.2) is 48.8 Å². The summed E-state index contributed by atoms with van der Waals surface area (Å²) in [5.74, 6) is 1.56. The molecule has 8 heteroatoms. The van der Waals surface area contributed by atoms with E-state index >= 15 is 0 Å². The molecular weight excluding hydrogens is 368 g/mol. The summed E-state index contributed by atoms with van der Waals surface area (Å²) < 4.78 is 13.1. The quantitative estimate of drug-likeness (QED) is 0.729. The van der Waals surface area contributed by atoms with Crippen LogP contribution in [-0.4, -0.2) is 27.8 Å². The van der Waals surface area contributed by atoms with Gasteiger partial charge in [0.05, 0.1) is 19.6 Å². The van der Waals surface area contributed by atoms with E-state index in [4.69, 9.17) is 21.1 Å². The number of halogens is 1. The van der Waals surface area contributed by atoms with Gasteiger partial charge < -0.3 is 9.47 Å². The zero-order valence-corrected chi connectivity index (χ0v) is 15.3. The molecule has 1 aliphatic rings. The number of anilines is 1. The minimum absolute atomic E-state index is 0.0949. The SMILES string of the molecule is COc1cc(C2CC(=O)Nc3ncnn32)ccc1OCc1ccc(Cl)cc1. The number of amides is 1. The second-order valence-electron chi connectivity index (χ2n) is 6.12. The van der Waals surface area contributed by atoms with E-state index in [0.717, 1.165) is 11.1 Å². The first-order valence-corrected chi connectivity index (χ1v) is 8.76. The van der Waals surface area contributed by atoms with Crippen molar-refractivity contribution in [3.63, 3.8) is 0 Å². The second kappa shape index (κ2) is 7.28. The number of benzene rings is 2. The molecule has 1 N–H and O–H groups in total. The molecule has 1 atom stereocenters. The van der Waals surface area contributed by atoms with Crippen LogP contribution in [0.2, 0.25) is 5.02 Å². The van der Waals surface area contributed by atoms with E-state index in [2.05, 4.69) is 15.4 Å². The number of fused-ring (bicyclic) bond motifs is 1. The second-order valence-corrected chi connectivity index (χ2v) is 6.56. The lowest BCUT2D eigenvalue weighted by Crippen LogP contribution is -2.29. The van der Waals surface area contributed by atoms with Crippen LogP contribution >= 0.6 is 11.6 Å². The molecule has 0 fully saturated rings. The fourth-order valence-corrected chi connectivity index (χ4v) is 3.14. The molecule has 0 spiro atoms. The Morgan fingerprint density at radius 1 is 1.22 bits per heavy atom. The maximum absolute atomic E-state index is 12.0. The van der Waals surface area contributed by atoms with Gasteiger partial charge in [0.15, 0.2) is 11.5 Å². The fraction of sp³-hybridized carbons (Fsp3) is 0.211. The summed E-state index contributed by atoms with van der Waals surface area (Å²) in [4.78, 5) is 16.0. The van der Waals surface area contributed by atoms with Gasteiger partial charge in [-0.05, 0) is 35.4 Å². The third-order valence-electron chi connectivity index (χ3n) is 4.38. The maximum Gasteiger partial charge on any atom is 0.229 e. The summed E-state index contributed by atoms with van der Waals surface area (Å²) in [5, 5.41) is 7.61. The Morgan fingerprint density at radius 2 is 2.04 bits per heavy atom. The minimum atomic E-state index is -0.240. The van der Waals surface area contributed by atoms with Gasteiger partial charge in [-0.1, -0.05) is 29.8 Å². The van der Waals surface area contributed by atoms with Gasteiger partial charge in [0.25, 0.3) is 0 Å². The predicted molar refractivity (Wildman–Crippen MR) is 100 cm³/mol. The molecule has 1 aromatic heterocycles. The number of carbonyl (C=O) groups excluding carboxylic acids is 1. The van der Waals surface area contributed by atoms with E-state index in [1.807, 2.05) is 42.5 Å². The monoisotopic (exact) mass is 384 g/mol. The van der Waals surface area contributed by atoms with Crippen molar-refractivity contribution >= 4 is 23.5 Å². The molecule has 4 rings (SSSR count). The molecule has 0 aliphatic carbocycles. The number of aromatic nitrogens is 3. The summed E-state index contributed by atoms with van der Waals surface area (Å²) in [6.07, 6.45) is 1.71. The van der Waals surface area contributed by atoms with Crippen LogP contribution in [0.3, 0.4) is 0 Å². The lowest BCUT2D eigenvalue weighted by molar-refractivity contribution is -0.117. The van der Waals surface area contributed by atoms with E-state index in [1.54, 1.807) is 11.8 Å². The molecule has 7 nitrogen and oxygen atoms in total. The van der Waals surface area contributed by atoms with Crippen molar-refractivity contribution in [2.45, 2.75) is 19.1 Å². The average molecular weight is 385 g/mol. The van der Waals surface area contributed by atoms with Crippen LogP contribution in [0.1, 0.15) is 23.6 Å². The first-order chi connectivity index (χ1) is 13.1. The van der Waals surface area contributed by atoms with E-state index in [-0.39, 0.29) is 18.4 Å². The van der Waals surface area contributed by atoms with E-state index in [9.17, 15) is 4.79 Å². The topological polar surface area (TPSA) is 78.3 Å². The average Bonchev–Trinajstić information content (AvgIpc) is 3.15. The van der Waals surface area contributed by atoms with Crippen molar-refractivity contribution in [1.29, 1.82) is 0 Å². The highest BCUT2D eigenvalue weighted by Crippen LogP contribution is 2.35. The van der Waals surface area contributed by atoms with Gasteiger partial charge in [-0.3, -0.25) is 10.1 Å². The predicted octanol–water partition coefficient (Wildman–Crippen LogP) is 3.45. The first-order valence-electron chi connectivity index (χ1n) is 8.38. The summed E-state index contributed by atoms with van der Waals surface area (Å²) in [5.41, 5.74) is 1.90. The van der Waals surface area contributed by atoms with Gasteiger partial charge in [0.2, 0.25) is 11.9 Å². The Balaban J connectivity index is 1.57. The smallest absolute Gasteiger partial charge is 0.229 e. The zero-order valence-electron chi connectivity index (χ0n) is 14.6. The number of nitrogens with one attached hydrogen (secondary N) is 1. The summed E-state index contributed by atoms with van der Waals surface area (Å²) in [6, 6.07) is 12.9. The molecule has 0 bridgehead atoms. The van der Waals surface area contributed by atoms with Crippen molar-refractivity contribution in [3.8, 4) is 11.5 Å². The van der Waals surface area contributed by atoms with Crippen LogP contribution in [0.4, 0.5) is 5.95 Å². The van der Waals surface area contributed by atoms with Crippen molar-refractivity contribution in [3.05, 3.63) is 64.9 Å². The number of nitrogens with zero attached hydrogens (tertiary/aromatic N) is 3. The van der Waals surface area contributed by atoms with Crippen LogP contribution in [0, 0.1) is 0 Å². The van der Waals surface area contributed by atoms with Crippen LogP contribution in [0.25, 0.3) is 0 Å². The van der Waals surface area contributed by atoms with Gasteiger partial charge >= 0.3 is 0 Å². The standard InChI is InChI=1S/C19H17ClN4O3/c1-26-17-8-13(15-9-18(25)23-19-21-11-22-24(15)19)4-7-16(17)27-10-12-2-5-14(20)6-3-12/h2-8,11,15H,9-10H2,1H3,(H,21,22,23,25). The summed E-state index contributed by atoms with van der Waals surface area (Å²) in [7, 11) is 1.59. The lowest BCUT2D eigenvalue weighted by Gasteiger charge is -2.24. The molecule has 2 aromatic carbocycles. The Bertz CT molecular complexity index is 971. The molecule has 0 radical (unpaired) electrons. The number of hydrogen-bond donors (Lipinski definition) is 1. The van der Waals surface area contributed by atoms with E-state index < -0.39 is 0 Å². The van der Waals surface area contributed by atoms with Gasteiger partial charge in [0.1, 0.15) is 12.9 Å². The summed E-state index contributed by atoms with van der Waals surface area (Å²) in [6.45, 7) is 0.395. The number of methoxy groups -OCH3 is 1. The Hall–Kier alpha value is -3.06. The number of ether oxygens (including phenoxy) is 2. The van der Waals surface area contributed by atoms with E-state index in [1.165, 1.54) is 6.33 Å². The van der Waals surface area contributed by atoms with Crippen molar-refractivity contribution < 1.29 is 14.3 Å². The fourth-order valence-electron chi connectivity index (χ4n) is 3.02. The zero-order chi connectivity index (χ0) is 18.8. The highest BCUT2D eigenvalue weighted by atomic mass is 35.5. The first kappa shape index (κ1) is 17.4. The molecule has 1 amide bonds. The molecule has 1 aliphatic heterocycles. The lowest BCUT2D eigenvalue weighted by atomic mass is 10.0. The molecule has 2 heterocycles. The van der Waals surface area contributed by atoms with Crippen LogP contribution in [-0.2, 0) is 11.4 Å². The van der Waals surface area contributed by atoms with Crippen molar-refractivity contribution in [2.75, 3.05) is 12.4 Å². The largest absolute Gasteiger partial charge is 0.493 e. The minimum Gasteiger partial charge on any atom is -0.493 e. The van der Waals surface area contributed by atoms with Crippen molar-refractivity contribution in [2.24, 2.45) is 0 Å². The van der Waals surface area contributed by atoms with Gasteiger partial charge in [-0.2, -0.15) is 10.1 Å². The molecule has 0 saturated heterocycles. The van der Waals surface area contributed by atoms with E-state index in [0.29, 0.717) is 29.1 Å². The highest BCUT2D eigenvalue weighted by molar-refractivity contribution is 6.30. The van der Waals surface area contributed by atoms with Gasteiger partial charge in [-0.15, -0.1) is 0 Å². The van der Waals surface area contributed by atoms with Crippen molar-refractivity contribution in [1.82, 2.24) is 14.8 Å². The van der Waals surface area contributed by atoms with Crippen LogP contribution < -0.4 is 14.8 Å². The summed E-state index contributed by atoms with van der Waals surface area (Å²) >= 11 is 5.90. The molecule has 138 valence electrons.